The van der Waals surface area contributed by atoms with Gasteiger partial charge in [0.1, 0.15) is 5.82 Å². The molecule has 0 aliphatic rings. The molecule has 0 heterocycles. The van der Waals surface area contributed by atoms with Gasteiger partial charge in [0.15, 0.2) is 0 Å². The van der Waals surface area contributed by atoms with Crippen LogP contribution in [0.15, 0.2) is 22.7 Å². The lowest BCUT2D eigenvalue weighted by atomic mass is 10.1. The Kier molecular flexibility index (Phi) is 5.58. The van der Waals surface area contributed by atoms with Crippen LogP contribution in [0.25, 0.3) is 0 Å². The van der Waals surface area contributed by atoms with Gasteiger partial charge in [-0.15, -0.1) is 0 Å². The predicted molar refractivity (Wildman–Crippen MR) is 69.5 cm³/mol. The summed E-state index contributed by atoms with van der Waals surface area (Å²) in [5.74, 6) is -0.364. The Morgan fingerprint density at radius 1 is 1.47 bits per heavy atom. The SMILES string of the molecule is CNCC(C)CNC(=O)c1cccc(F)c1Br. The normalized spacial score (nSPS) is 12.2. The molecule has 1 unspecified atom stereocenters. The van der Waals surface area contributed by atoms with Gasteiger partial charge < -0.3 is 10.6 Å². The molecule has 1 aromatic rings. The molecule has 5 heteroatoms. The largest absolute Gasteiger partial charge is 0.352 e. The highest BCUT2D eigenvalue weighted by Crippen LogP contribution is 2.20. The zero-order valence-electron chi connectivity index (χ0n) is 9.89. The number of halogens is 2. The van der Waals surface area contributed by atoms with Crippen molar-refractivity contribution in [1.29, 1.82) is 0 Å². The van der Waals surface area contributed by atoms with Crippen LogP contribution in [0.1, 0.15) is 17.3 Å². The van der Waals surface area contributed by atoms with Crippen LogP contribution < -0.4 is 10.6 Å². The van der Waals surface area contributed by atoms with Gasteiger partial charge in [0.05, 0.1) is 10.0 Å². The third kappa shape index (κ3) is 4.09. The molecule has 0 bridgehead atoms. The molecule has 0 saturated heterocycles. The summed E-state index contributed by atoms with van der Waals surface area (Å²) in [5, 5.41) is 5.81. The zero-order chi connectivity index (χ0) is 12.8. The van der Waals surface area contributed by atoms with Crippen molar-refractivity contribution in [1.82, 2.24) is 10.6 Å². The van der Waals surface area contributed by atoms with Gasteiger partial charge in [-0.1, -0.05) is 13.0 Å². The minimum Gasteiger partial charge on any atom is -0.352 e. The molecule has 1 rings (SSSR count). The van der Waals surface area contributed by atoms with E-state index in [0.717, 1.165) is 6.54 Å². The van der Waals surface area contributed by atoms with E-state index in [1.165, 1.54) is 12.1 Å². The minimum atomic E-state index is -0.430. The molecule has 0 fully saturated rings. The lowest BCUT2D eigenvalue weighted by Crippen LogP contribution is -2.32. The van der Waals surface area contributed by atoms with Crippen LogP contribution in [-0.4, -0.2) is 26.0 Å². The molecule has 3 nitrogen and oxygen atoms in total. The molecule has 2 N–H and O–H groups in total. The van der Waals surface area contributed by atoms with Crippen LogP contribution >= 0.6 is 15.9 Å². The number of nitrogens with one attached hydrogen (secondary N) is 2. The fourth-order valence-electron chi connectivity index (χ4n) is 1.46. The van der Waals surface area contributed by atoms with E-state index in [9.17, 15) is 9.18 Å². The predicted octanol–water partition coefficient (Wildman–Crippen LogP) is 2.17. The van der Waals surface area contributed by atoms with Crippen molar-refractivity contribution in [3.05, 3.63) is 34.1 Å². The summed E-state index contributed by atoms with van der Waals surface area (Å²) in [6.45, 7) is 3.41. The first-order valence-electron chi connectivity index (χ1n) is 5.43. The van der Waals surface area contributed by atoms with E-state index in [-0.39, 0.29) is 10.4 Å². The lowest BCUT2D eigenvalue weighted by molar-refractivity contribution is 0.0947. The molecule has 1 aromatic carbocycles. The number of hydrogen-bond donors (Lipinski definition) is 2. The summed E-state index contributed by atoms with van der Waals surface area (Å²) in [4.78, 5) is 11.8. The van der Waals surface area contributed by atoms with E-state index in [1.807, 2.05) is 14.0 Å². The molecule has 0 spiro atoms. The van der Waals surface area contributed by atoms with Crippen LogP contribution in [0.2, 0.25) is 0 Å². The molecule has 0 aromatic heterocycles. The second kappa shape index (κ2) is 6.71. The second-order valence-electron chi connectivity index (χ2n) is 3.97. The van der Waals surface area contributed by atoms with Gasteiger partial charge in [-0.25, -0.2) is 4.39 Å². The topological polar surface area (TPSA) is 41.1 Å². The van der Waals surface area contributed by atoms with Crippen molar-refractivity contribution < 1.29 is 9.18 Å². The van der Waals surface area contributed by atoms with Crippen molar-refractivity contribution in [3.63, 3.8) is 0 Å². The fourth-order valence-corrected chi connectivity index (χ4v) is 1.91. The Morgan fingerprint density at radius 2 is 2.18 bits per heavy atom. The summed E-state index contributed by atoms with van der Waals surface area (Å²) < 4.78 is 13.4. The number of rotatable bonds is 5. The van der Waals surface area contributed by atoms with Crippen molar-refractivity contribution in [2.45, 2.75) is 6.92 Å². The van der Waals surface area contributed by atoms with Gasteiger partial charge in [0.2, 0.25) is 0 Å². The van der Waals surface area contributed by atoms with E-state index < -0.39 is 5.82 Å². The van der Waals surface area contributed by atoms with Gasteiger partial charge in [-0.05, 0) is 47.6 Å². The van der Waals surface area contributed by atoms with Crippen LogP contribution in [0.4, 0.5) is 4.39 Å². The molecular formula is C12H16BrFN2O. The van der Waals surface area contributed by atoms with E-state index in [0.29, 0.717) is 18.0 Å². The van der Waals surface area contributed by atoms with E-state index in [1.54, 1.807) is 6.07 Å². The van der Waals surface area contributed by atoms with Crippen molar-refractivity contribution in [2.75, 3.05) is 20.1 Å². The molecular weight excluding hydrogens is 287 g/mol. The first-order chi connectivity index (χ1) is 8.06. The highest BCUT2D eigenvalue weighted by Gasteiger charge is 2.13. The average Bonchev–Trinajstić information content (AvgIpc) is 2.30. The maximum absolute atomic E-state index is 13.2. The van der Waals surface area contributed by atoms with E-state index >= 15 is 0 Å². The van der Waals surface area contributed by atoms with E-state index in [4.69, 9.17) is 0 Å². The average molecular weight is 303 g/mol. The van der Waals surface area contributed by atoms with Crippen LogP contribution in [-0.2, 0) is 0 Å². The van der Waals surface area contributed by atoms with Crippen LogP contribution in [0.5, 0.6) is 0 Å². The van der Waals surface area contributed by atoms with Crippen molar-refractivity contribution >= 4 is 21.8 Å². The molecule has 0 radical (unpaired) electrons. The Hall–Kier alpha value is -0.940. The van der Waals surface area contributed by atoms with Gasteiger partial charge >= 0.3 is 0 Å². The maximum Gasteiger partial charge on any atom is 0.252 e. The summed E-state index contributed by atoms with van der Waals surface area (Å²) in [5.41, 5.74) is 0.321. The number of hydrogen-bond acceptors (Lipinski definition) is 2. The monoisotopic (exact) mass is 302 g/mol. The molecule has 1 amide bonds. The van der Waals surface area contributed by atoms with Gasteiger partial charge in [0.25, 0.3) is 5.91 Å². The molecule has 0 saturated carbocycles. The standard InChI is InChI=1S/C12H16BrFN2O/c1-8(6-15-2)7-16-12(17)9-4-3-5-10(14)11(9)13/h3-5,8,15H,6-7H2,1-2H3,(H,16,17). The Balaban J connectivity index is 2.61. The highest BCUT2D eigenvalue weighted by molar-refractivity contribution is 9.10. The zero-order valence-corrected chi connectivity index (χ0v) is 11.5. The number of carbonyl (C=O) groups is 1. The highest BCUT2D eigenvalue weighted by atomic mass is 79.9. The quantitative estimate of drug-likeness (QED) is 0.875. The second-order valence-corrected chi connectivity index (χ2v) is 4.77. The van der Waals surface area contributed by atoms with E-state index in [2.05, 4.69) is 26.6 Å². The Morgan fingerprint density at radius 3 is 2.82 bits per heavy atom. The molecule has 94 valence electrons. The Labute approximate surface area is 109 Å². The summed E-state index contributed by atoms with van der Waals surface area (Å²) >= 11 is 3.07. The first-order valence-corrected chi connectivity index (χ1v) is 6.22. The van der Waals surface area contributed by atoms with Crippen molar-refractivity contribution in [3.8, 4) is 0 Å². The molecule has 1 atom stereocenters. The third-order valence-corrected chi connectivity index (χ3v) is 3.17. The van der Waals surface area contributed by atoms with Gasteiger partial charge in [-0.3, -0.25) is 4.79 Å². The minimum absolute atomic E-state index is 0.207. The number of amides is 1. The van der Waals surface area contributed by atoms with Crippen LogP contribution in [0, 0.1) is 11.7 Å². The molecule has 0 aliphatic heterocycles. The summed E-state index contributed by atoms with van der Waals surface area (Å²) in [7, 11) is 1.86. The number of benzene rings is 1. The third-order valence-electron chi connectivity index (χ3n) is 2.36. The Bertz CT molecular complexity index is 398. The number of carbonyl (C=O) groups excluding carboxylic acids is 1. The summed E-state index contributed by atoms with van der Waals surface area (Å²) in [6.07, 6.45) is 0. The van der Waals surface area contributed by atoms with Gasteiger partial charge in [0, 0.05) is 6.54 Å². The van der Waals surface area contributed by atoms with Crippen molar-refractivity contribution in [2.24, 2.45) is 5.92 Å². The molecule has 0 aliphatic carbocycles. The fraction of sp³-hybridized carbons (Fsp3) is 0.417. The van der Waals surface area contributed by atoms with Crippen LogP contribution in [0.3, 0.4) is 0 Å². The summed E-state index contributed by atoms with van der Waals surface area (Å²) in [6, 6.07) is 4.42. The lowest BCUT2D eigenvalue weighted by Gasteiger charge is -2.12. The molecule has 17 heavy (non-hydrogen) atoms. The maximum atomic E-state index is 13.2. The first kappa shape index (κ1) is 14.1. The van der Waals surface area contributed by atoms with Gasteiger partial charge in [-0.2, -0.15) is 0 Å². The smallest absolute Gasteiger partial charge is 0.252 e.